The van der Waals surface area contributed by atoms with Crippen LogP contribution in [0.4, 0.5) is 0 Å². The van der Waals surface area contributed by atoms with E-state index < -0.39 is 5.97 Å². The van der Waals surface area contributed by atoms with Crippen molar-refractivity contribution in [3.8, 4) is 0 Å². The predicted octanol–water partition coefficient (Wildman–Crippen LogP) is 2.10. The summed E-state index contributed by atoms with van der Waals surface area (Å²) in [5, 5.41) is 29.5. The van der Waals surface area contributed by atoms with E-state index in [1.165, 1.54) is 11.1 Å². The molecule has 2 aromatic heterocycles. The average molecular weight is 439 g/mol. The summed E-state index contributed by atoms with van der Waals surface area (Å²) < 4.78 is 6.69. The number of aliphatic hydroxyl groups excluding tert-OH is 1. The van der Waals surface area contributed by atoms with Gasteiger partial charge in [0.05, 0.1) is 25.3 Å². The smallest absolute Gasteiger partial charge is 0.357 e. The number of hydrogen-bond acceptors (Lipinski definition) is 7. The lowest BCUT2D eigenvalue weighted by molar-refractivity contribution is -0.121. The van der Waals surface area contributed by atoms with Crippen molar-refractivity contribution in [1.29, 1.82) is 0 Å². The number of nitrogens with one attached hydrogen (secondary N) is 1. The van der Waals surface area contributed by atoms with Crippen LogP contribution in [0.3, 0.4) is 0 Å². The Hall–Kier alpha value is -3.53. The van der Waals surface area contributed by atoms with Crippen molar-refractivity contribution in [3.63, 3.8) is 0 Å². The van der Waals surface area contributed by atoms with Gasteiger partial charge in [0.15, 0.2) is 5.69 Å². The van der Waals surface area contributed by atoms with Crippen LogP contribution in [0.1, 0.15) is 64.9 Å². The Morgan fingerprint density at radius 1 is 1.22 bits per heavy atom. The van der Waals surface area contributed by atoms with Gasteiger partial charge in [0.1, 0.15) is 18.5 Å². The monoisotopic (exact) mass is 439 g/mol. The molecule has 0 radical (unpaired) electrons. The first-order chi connectivity index (χ1) is 15.5. The summed E-state index contributed by atoms with van der Waals surface area (Å²) in [5.74, 6) is -0.517. The van der Waals surface area contributed by atoms with E-state index in [-0.39, 0.29) is 43.1 Å². The number of aliphatic hydroxyl groups is 1. The first kappa shape index (κ1) is 21.7. The molecular weight excluding hydrogens is 414 g/mol. The van der Waals surface area contributed by atoms with E-state index in [1.54, 1.807) is 18.3 Å². The second kappa shape index (κ2) is 9.73. The molecule has 1 aliphatic carbocycles. The van der Waals surface area contributed by atoms with E-state index in [1.807, 2.05) is 12.1 Å². The van der Waals surface area contributed by atoms with Crippen LogP contribution < -0.4 is 5.32 Å². The number of carboxylic acids is 1. The van der Waals surface area contributed by atoms with Gasteiger partial charge in [-0.05, 0) is 23.5 Å². The summed E-state index contributed by atoms with van der Waals surface area (Å²) in [7, 11) is 0. The van der Waals surface area contributed by atoms with Gasteiger partial charge in [0.25, 0.3) is 0 Å². The van der Waals surface area contributed by atoms with Crippen LogP contribution in [0, 0.1) is 5.92 Å². The van der Waals surface area contributed by atoms with E-state index in [4.69, 9.17) is 14.6 Å². The molecule has 0 bridgehead atoms. The number of rotatable bonds is 10. The quantitative estimate of drug-likeness (QED) is 0.436. The fourth-order valence-electron chi connectivity index (χ4n) is 3.68. The lowest BCUT2D eigenvalue weighted by Crippen LogP contribution is -2.32. The number of oxazole rings is 1. The predicted molar refractivity (Wildman–Crippen MR) is 111 cm³/mol. The first-order valence-electron chi connectivity index (χ1n) is 10.6. The minimum absolute atomic E-state index is 0.0310. The number of amides is 1. The third kappa shape index (κ3) is 5.38. The van der Waals surface area contributed by atoms with Crippen LogP contribution in [0.5, 0.6) is 0 Å². The number of carbonyl (C=O) groups excluding carboxylic acids is 1. The van der Waals surface area contributed by atoms with Crippen LogP contribution in [0.2, 0.25) is 0 Å². The van der Waals surface area contributed by atoms with E-state index in [0.717, 1.165) is 36.7 Å². The highest BCUT2D eigenvalue weighted by Crippen LogP contribution is 2.34. The van der Waals surface area contributed by atoms with Gasteiger partial charge in [-0.1, -0.05) is 48.7 Å². The highest BCUT2D eigenvalue weighted by molar-refractivity contribution is 5.84. The van der Waals surface area contributed by atoms with Gasteiger partial charge in [-0.2, -0.15) is 0 Å². The number of carbonyl (C=O) groups is 2. The van der Waals surface area contributed by atoms with Crippen molar-refractivity contribution in [2.45, 2.75) is 51.3 Å². The summed E-state index contributed by atoms with van der Waals surface area (Å²) in [6, 6.07) is 7.02. The van der Waals surface area contributed by atoms with Gasteiger partial charge in [-0.25, -0.2) is 14.5 Å². The molecule has 1 saturated carbocycles. The Morgan fingerprint density at radius 2 is 1.97 bits per heavy atom. The van der Waals surface area contributed by atoms with Crippen LogP contribution in [0.15, 0.2) is 41.1 Å². The number of hydrogen-bond donors (Lipinski definition) is 3. The fourth-order valence-corrected chi connectivity index (χ4v) is 3.68. The summed E-state index contributed by atoms with van der Waals surface area (Å²) in [6.07, 6.45) is 7.30. The molecule has 32 heavy (non-hydrogen) atoms. The van der Waals surface area contributed by atoms with Gasteiger partial charge < -0.3 is 19.9 Å². The number of benzene rings is 1. The molecule has 0 saturated heterocycles. The molecule has 0 aliphatic heterocycles. The molecule has 168 valence electrons. The Kier molecular flexibility index (Phi) is 6.60. The van der Waals surface area contributed by atoms with Crippen molar-refractivity contribution < 1.29 is 24.2 Å². The number of aromatic carboxylic acids is 1. The van der Waals surface area contributed by atoms with Crippen LogP contribution in [-0.2, 0) is 24.4 Å². The highest BCUT2D eigenvalue weighted by atomic mass is 16.4. The zero-order valence-corrected chi connectivity index (χ0v) is 17.5. The van der Waals surface area contributed by atoms with E-state index in [9.17, 15) is 9.59 Å². The third-order valence-electron chi connectivity index (χ3n) is 5.68. The fraction of sp³-hybridized carbons (Fsp3) is 0.409. The maximum absolute atomic E-state index is 12.7. The Labute approximate surface area is 184 Å². The summed E-state index contributed by atoms with van der Waals surface area (Å²) in [6.45, 7) is 0.109. The Balaban J connectivity index is 1.42. The second-order valence-corrected chi connectivity index (χ2v) is 8.08. The van der Waals surface area contributed by atoms with Crippen molar-refractivity contribution in [2.75, 3.05) is 0 Å². The molecule has 0 spiro atoms. The van der Waals surface area contributed by atoms with E-state index in [2.05, 4.69) is 20.6 Å². The van der Waals surface area contributed by atoms with Gasteiger partial charge >= 0.3 is 5.97 Å². The largest absolute Gasteiger partial charge is 0.476 e. The standard InChI is InChI=1S/C22H25N5O5/c28-12-16-6-4-15(5-7-16)9-20(29)23-17(8-14-2-1-3-14)18-10-27(26-25-18)11-21-24-19(13-32-21)22(30)31/h4-7,10,13-14,17,28H,1-3,8-9,11-12H2,(H,23,29)(H,30,31). The average Bonchev–Trinajstić information content (AvgIpc) is 3.40. The zero-order chi connectivity index (χ0) is 22.5. The molecule has 3 N–H and O–H groups in total. The van der Waals surface area contributed by atoms with Crippen LogP contribution in [-0.4, -0.2) is 42.1 Å². The lowest BCUT2D eigenvalue weighted by atomic mass is 9.80. The first-order valence-corrected chi connectivity index (χ1v) is 10.6. The second-order valence-electron chi connectivity index (χ2n) is 8.08. The molecule has 1 fully saturated rings. The zero-order valence-electron chi connectivity index (χ0n) is 17.5. The Bertz CT molecular complexity index is 1070. The van der Waals surface area contributed by atoms with Crippen molar-refractivity contribution >= 4 is 11.9 Å². The molecule has 4 rings (SSSR count). The van der Waals surface area contributed by atoms with Gasteiger partial charge in [0, 0.05) is 0 Å². The molecule has 1 amide bonds. The maximum atomic E-state index is 12.7. The van der Waals surface area contributed by atoms with Gasteiger partial charge in [-0.15, -0.1) is 5.10 Å². The third-order valence-corrected chi connectivity index (χ3v) is 5.68. The molecule has 1 unspecified atom stereocenters. The topological polar surface area (TPSA) is 143 Å². The molecule has 10 heteroatoms. The molecule has 10 nitrogen and oxygen atoms in total. The minimum atomic E-state index is -1.16. The van der Waals surface area contributed by atoms with Crippen molar-refractivity contribution in [1.82, 2.24) is 25.3 Å². The number of nitrogens with zero attached hydrogens (tertiary/aromatic N) is 4. The SMILES string of the molecule is O=C(Cc1ccc(CO)cc1)NC(CC1CCC1)c1cn(Cc2nc(C(=O)O)co2)nn1. The molecule has 1 aliphatic rings. The van der Waals surface area contributed by atoms with E-state index >= 15 is 0 Å². The molecule has 1 aromatic carbocycles. The van der Waals surface area contributed by atoms with Crippen LogP contribution in [0.25, 0.3) is 0 Å². The lowest BCUT2D eigenvalue weighted by Gasteiger charge is -2.29. The van der Waals surface area contributed by atoms with Gasteiger partial charge in [-0.3, -0.25) is 4.79 Å². The number of carboxylic acid groups (broad SMARTS) is 1. The van der Waals surface area contributed by atoms with Crippen LogP contribution >= 0.6 is 0 Å². The van der Waals surface area contributed by atoms with E-state index in [0.29, 0.717) is 11.6 Å². The molecule has 2 heterocycles. The minimum Gasteiger partial charge on any atom is -0.476 e. The summed E-state index contributed by atoms with van der Waals surface area (Å²) >= 11 is 0. The van der Waals surface area contributed by atoms with Crippen molar-refractivity contribution in [3.05, 3.63) is 65.1 Å². The summed E-state index contributed by atoms with van der Waals surface area (Å²) in [4.78, 5) is 27.6. The molecule has 1 atom stereocenters. The Morgan fingerprint density at radius 3 is 2.59 bits per heavy atom. The van der Waals surface area contributed by atoms with Crippen molar-refractivity contribution in [2.24, 2.45) is 5.92 Å². The molecule has 3 aromatic rings. The number of aromatic nitrogens is 4. The van der Waals surface area contributed by atoms with Gasteiger partial charge in [0.2, 0.25) is 11.8 Å². The molecular formula is C22H25N5O5. The maximum Gasteiger partial charge on any atom is 0.357 e. The normalized spacial score (nSPS) is 14.7. The highest BCUT2D eigenvalue weighted by Gasteiger charge is 2.26. The summed E-state index contributed by atoms with van der Waals surface area (Å²) in [5.41, 5.74) is 2.15.